The number of thiophene rings is 1. The highest BCUT2D eigenvalue weighted by atomic mass is 35.5. The number of hydrogen-bond acceptors (Lipinski definition) is 4. The molecule has 0 spiro atoms. The Hall–Kier alpha value is -1.86. The van der Waals surface area contributed by atoms with Gasteiger partial charge in [-0.15, -0.1) is 11.3 Å². The molecule has 2 aromatic carbocycles. The van der Waals surface area contributed by atoms with E-state index in [4.69, 9.17) is 11.6 Å². The number of allylic oxidation sites excluding steroid dienone is 1. The minimum absolute atomic E-state index is 0.366. The van der Waals surface area contributed by atoms with Crippen molar-refractivity contribution in [1.82, 2.24) is 4.90 Å². The summed E-state index contributed by atoms with van der Waals surface area (Å²) >= 11 is 7.47. The van der Waals surface area contributed by atoms with Crippen molar-refractivity contribution >= 4 is 54.3 Å². The van der Waals surface area contributed by atoms with Crippen LogP contribution in [-0.4, -0.2) is 40.5 Å². The third-order valence-corrected chi connectivity index (χ3v) is 10.2. The normalized spacial score (nSPS) is 14.0. The van der Waals surface area contributed by atoms with E-state index in [0.29, 0.717) is 15.8 Å². The Labute approximate surface area is 200 Å². The first-order valence-electron chi connectivity index (χ1n) is 10.8. The summed E-state index contributed by atoms with van der Waals surface area (Å²) in [4.78, 5) is 2.18. The molecule has 0 N–H and O–H groups in total. The zero-order valence-electron chi connectivity index (χ0n) is 19.2. The number of hydrogen-bond donors (Lipinski definition) is 0. The van der Waals surface area contributed by atoms with Crippen LogP contribution in [0.2, 0.25) is 5.02 Å². The standard InChI is InChI=1S/C25H29ClN2O2S2/c1-6-28(32(29,30)25-17(3)22-14-19(26)8-10-24(22)31-25)20-9-7-18-13-16(2)21(23(18)15-20)11-12-27(4)5/h7-10,14-15H,6,11-13H2,1-5H3. The fourth-order valence-corrected chi connectivity index (χ4v) is 7.95. The van der Waals surface area contributed by atoms with Gasteiger partial charge in [-0.25, -0.2) is 8.42 Å². The Morgan fingerprint density at radius 2 is 1.84 bits per heavy atom. The van der Waals surface area contributed by atoms with Crippen molar-refractivity contribution < 1.29 is 8.42 Å². The van der Waals surface area contributed by atoms with Gasteiger partial charge < -0.3 is 4.90 Å². The van der Waals surface area contributed by atoms with Crippen LogP contribution in [0.4, 0.5) is 5.69 Å². The van der Waals surface area contributed by atoms with Gasteiger partial charge in [-0.3, -0.25) is 4.31 Å². The van der Waals surface area contributed by atoms with Crippen LogP contribution in [-0.2, 0) is 16.4 Å². The Kier molecular flexibility index (Phi) is 6.43. The maximum absolute atomic E-state index is 13.8. The zero-order chi connectivity index (χ0) is 23.2. The molecule has 3 aromatic rings. The molecule has 0 amide bonds. The van der Waals surface area contributed by atoms with Gasteiger partial charge >= 0.3 is 0 Å². The number of fused-ring (bicyclic) bond motifs is 2. The molecule has 1 aliphatic rings. The van der Waals surface area contributed by atoms with Crippen molar-refractivity contribution in [3.05, 3.63) is 63.7 Å². The topological polar surface area (TPSA) is 40.6 Å². The van der Waals surface area contributed by atoms with Gasteiger partial charge in [0.1, 0.15) is 4.21 Å². The van der Waals surface area contributed by atoms with Gasteiger partial charge in [0.25, 0.3) is 10.0 Å². The molecule has 0 fully saturated rings. The van der Waals surface area contributed by atoms with Gasteiger partial charge in [0.2, 0.25) is 0 Å². The van der Waals surface area contributed by atoms with E-state index in [2.05, 4.69) is 38.1 Å². The van der Waals surface area contributed by atoms with Crippen molar-refractivity contribution in [1.29, 1.82) is 0 Å². The second kappa shape index (κ2) is 8.82. The Morgan fingerprint density at radius 1 is 1.09 bits per heavy atom. The lowest BCUT2D eigenvalue weighted by atomic mass is 10.0. The molecule has 170 valence electrons. The zero-order valence-corrected chi connectivity index (χ0v) is 21.6. The van der Waals surface area contributed by atoms with Crippen molar-refractivity contribution in [3.63, 3.8) is 0 Å². The Balaban J connectivity index is 1.76. The van der Waals surface area contributed by atoms with Gasteiger partial charge in [-0.05, 0) is 106 Å². The molecule has 0 aliphatic heterocycles. The second-order valence-corrected chi connectivity index (χ2v) is 12.2. The van der Waals surface area contributed by atoms with E-state index in [0.717, 1.165) is 40.7 Å². The van der Waals surface area contributed by atoms with Gasteiger partial charge in [0.05, 0.1) is 5.69 Å². The summed E-state index contributed by atoms with van der Waals surface area (Å²) in [5.74, 6) is 0. The molecule has 0 bridgehead atoms. The molecule has 1 heterocycles. The summed E-state index contributed by atoms with van der Waals surface area (Å²) in [6, 6.07) is 11.6. The molecular formula is C25H29ClN2O2S2. The van der Waals surface area contributed by atoms with Crippen LogP contribution in [0.1, 0.15) is 37.0 Å². The lowest BCUT2D eigenvalue weighted by molar-refractivity contribution is 0.419. The van der Waals surface area contributed by atoms with Crippen LogP contribution in [0.25, 0.3) is 15.7 Å². The lowest BCUT2D eigenvalue weighted by Gasteiger charge is -2.24. The summed E-state index contributed by atoms with van der Waals surface area (Å²) in [5, 5.41) is 1.51. The highest BCUT2D eigenvalue weighted by Gasteiger charge is 2.30. The Bertz CT molecular complexity index is 1320. The van der Waals surface area contributed by atoms with Crippen molar-refractivity contribution in [2.24, 2.45) is 0 Å². The average molecular weight is 489 g/mol. The minimum atomic E-state index is -3.70. The number of sulfonamides is 1. The summed E-state index contributed by atoms with van der Waals surface area (Å²) in [6.07, 6.45) is 1.90. The van der Waals surface area contributed by atoms with Gasteiger partial charge in [0.15, 0.2) is 0 Å². The van der Waals surface area contributed by atoms with Crippen molar-refractivity contribution in [2.75, 3.05) is 31.5 Å². The molecule has 32 heavy (non-hydrogen) atoms. The van der Waals surface area contributed by atoms with E-state index in [1.165, 1.54) is 37.9 Å². The molecule has 1 aromatic heterocycles. The summed E-state index contributed by atoms with van der Waals surface area (Å²) in [7, 11) is 0.456. The molecule has 1 aliphatic carbocycles. The van der Waals surface area contributed by atoms with Crippen LogP contribution in [0.5, 0.6) is 0 Å². The fraction of sp³-hybridized carbons (Fsp3) is 0.360. The molecule has 7 heteroatoms. The predicted molar refractivity (Wildman–Crippen MR) is 138 cm³/mol. The van der Waals surface area contributed by atoms with E-state index >= 15 is 0 Å². The molecule has 0 saturated heterocycles. The summed E-state index contributed by atoms with van der Waals surface area (Å²) in [5.41, 5.74) is 6.67. The summed E-state index contributed by atoms with van der Waals surface area (Å²) in [6.45, 7) is 7.27. The SMILES string of the molecule is CCN(c1ccc2c(c1)C(CCN(C)C)=C(C)C2)S(=O)(=O)c1sc2ccc(Cl)cc2c1C. The lowest BCUT2D eigenvalue weighted by Crippen LogP contribution is -2.30. The van der Waals surface area contributed by atoms with Crippen LogP contribution >= 0.6 is 22.9 Å². The van der Waals surface area contributed by atoms with E-state index in [1.54, 1.807) is 6.07 Å². The van der Waals surface area contributed by atoms with Crippen molar-refractivity contribution in [3.8, 4) is 0 Å². The number of aryl methyl sites for hydroxylation is 1. The monoisotopic (exact) mass is 488 g/mol. The number of halogens is 1. The van der Waals surface area contributed by atoms with Crippen molar-refractivity contribution in [2.45, 2.75) is 37.8 Å². The second-order valence-electron chi connectivity index (χ2n) is 8.66. The van der Waals surface area contributed by atoms with E-state index < -0.39 is 10.0 Å². The molecule has 4 rings (SSSR count). The smallest absolute Gasteiger partial charge is 0.274 e. The van der Waals surface area contributed by atoms with Crippen LogP contribution < -0.4 is 4.31 Å². The van der Waals surface area contributed by atoms with Gasteiger partial charge in [-0.1, -0.05) is 23.2 Å². The first-order valence-corrected chi connectivity index (χ1v) is 13.4. The summed E-state index contributed by atoms with van der Waals surface area (Å²) < 4.78 is 30.4. The third-order valence-electron chi connectivity index (χ3n) is 6.15. The maximum Gasteiger partial charge on any atom is 0.274 e. The van der Waals surface area contributed by atoms with Gasteiger partial charge in [0, 0.05) is 22.8 Å². The highest BCUT2D eigenvalue weighted by molar-refractivity contribution is 7.95. The first kappa shape index (κ1) is 23.3. The van der Waals surface area contributed by atoms with Gasteiger partial charge in [-0.2, -0.15) is 0 Å². The van der Waals surface area contributed by atoms with Crippen LogP contribution in [0.15, 0.2) is 46.2 Å². The molecule has 0 radical (unpaired) electrons. The predicted octanol–water partition coefficient (Wildman–Crippen LogP) is 6.36. The molecule has 0 unspecified atom stereocenters. The highest BCUT2D eigenvalue weighted by Crippen LogP contribution is 2.41. The average Bonchev–Trinajstić information content (AvgIpc) is 3.23. The number of benzene rings is 2. The quantitative estimate of drug-likeness (QED) is 0.388. The number of rotatable bonds is 7. The minimum Gasteiger partial charge on any atom is -0.309 e. The van der Waals surface area contributed by atoms with E-state index in [9.17, 15) is 8.42 Å². The maximum atomic E-state index is 13.8. The largest absolute Gasteiger partial charge is 0.309 e. The number of nitrogens with zero attached hydrogens (tertiary/aromatic N) is 2. The first-order chi connectivity index (χ1) is 15.1. The third kappa shape index (κ3) is 4.10. The van der Waals surface area contributed by atoms with E-state index in [1.807, 2.05) is 32.0 Å². The van der Waals surface area contributed by atoms with Crippen LogP contribution in [0.3, 0.4) is 0 Å². The molecule has 0 atom stereocenters. The number of anilines is 1. The van der Waals surface area contributed by atoms with Crippen LogP contribution in [0, 0.1) is 6.92 Å². The van der Waals surface area contributed by atoms with E-state index in [-0.39, 0.29) is 0 Å². The Morgan fingerprint density at radius 3 is 2.53 bits per heavy atom. The molecule has 0 saturated carbocycles. The molecular weight excluding hydrogens is 460 g/mol. The fourth-order valence-electron chi connectivity index (χ4n) is 4.47. The molecule has 4 nitrogen and oxygen atoms in total.